The standard InChI is InChI=1S/C25H26ClN3O2S/c1-30-21-9-2-3-10-22(21)31-23-12-11-20(16-27-23)29-24(32)28-17-25(13-4-5-14-25)18-7-6-8-19(26)15-18/h2-3,6-12,15-16H,4-5,13-14,17H2,1H3,(H2,28,29,32). The zero-order chi connectivity index (χ0) is 22.4. The highest BCUT2D eigenvalue weighted by Crippen LogP contribution is 2.41. The second-order valence-electron chi connectivity index (χ2n) is 7.94. The number of hydrogen-bond donors (Lipinski definition) is 2. The lowest BCUT2D eigenvalue weighted by atomic mass is 9.79. The molecule has 1 aliphatic carbocycles. The van der Waals surface area contributed by atoms with Crippen LogP contribution >= 0.6 is 23.8 Å². The molecule has 0 aliphatic heterocycles. The Morgan fingerprint density at radius 2 is 1.84 bits per heavy atom. The Hall–Kier alpha value is -2.83. The highest BCUT2D eigenvalue weighted by molar-refractivity contribution is 7.80. The first-order valence-corrected chi connectivity index (χ1v) is 11.4. The maximum atomic E-state index is 6.25. The Kier molecular flexibility index (Phi) is 7.12. The van der Waals surface area contributed by atoms with E-state index < -0.39 is 0 Å². The van der Waals surface area contributed by atoms with Crippen molar-refractivity contribution in [2.24, 2.45) is 0 Å². The fourth-order valence-corrected chi connectivity index (χ4v) is 4.57. The molecule has 166 valence electrons. The molecule has 0 unspecified atom stereocenters. The van der Waals surface area contributed by atoms with Crippen molar-refractivity contribution in [3.05, 3.63) is 77.4 Å². The van der Waals surface area contributed by atoms with Crippen molar-refractivity contribution >= 4 is 34.6 Å². The average molecular weight is 468 g/mol. The van der Waals surface area contributed by atoms with Crippen LogP contribution in [0.25, 0.3) is 0 Å². The smallest absolute Gasteiger partial charge is 0.219 e. The predicted molar refractivity (Wildman–Crippen MR) is 133 cm³/mol. The number of thiocarbonyl (C=S) groups is 1. The number of rotatable bonds is 7. The number of ether oxygens (including phenoxy) is 2. The number of halogens is 1. The number of pyridine rings is 1. The monoisotopic (exact) mass is 467 g/mol. The maximum absolute atomic E-state index is 6.25. The normalized spacial score (nSPS) is 14.6. The van der Waals surface area contributed by atoms with E-state index in [1.807, 2.05) is 42.5 Å². The number of nitrogens with zero attached hydrogens (tertiary/aromatic N) is 1. The third-order valence-corrected chi connectivity index (χ3v) is 6.34. The summed E-state index contributed by atoms with van der Waals surface area (Å²) in [6, 6.07) is 19.3. The number of methoxy groups -OCH3 is 1. The van der Waals surface area contributed by atoms with Crippen molar-refractivity contribution in [1.82, 2.24) is 10.3 Å². The summed E-state index contributed by atoms with van der Waals surface area (Å²) in [4.78, 5) is 4.37. The zero-order valence-electron chi connectivity index (χ0n) is 17.9. The quantitative estimate of drug-likeness (QED) is 0.396. The molecule has 3 aromatic rings. The fourth-order valence-electron chi connectivity index (χ4n) is 4.19. The van der Waals surface area contributed by atoms with Crippen LogP contribution in [-0.2, 0) is 5.41 Å². The van der Waals surface area contributed by atoms with Gasteiger partial charge in [0.25, 0.3) is 0 Å². The molecular formula is C25H26ClN3O2S. The molecule has 4 rings (SSSR count). The third kappa shape index (κ3) is 5.31. The molecule has 32 heavy (non-hydrogen) atoms. The van der Waals surface area contributed by atoms with Gasteiger partial charge in [0.2, 0.25) is 5.88 Å². The van der Waals surface area contributed by atoms with Gasteiger partial charge in [0.05, 0.1) is 19.0 Å². The molecule has 1 aliphatic rings. The van der Waals surface area contributed by atoms with E-state index in [4.69, 9.17) is 33.3 Å². The van der Waals surface area contributed by atoms with Crippen LogP contribution in [-0.4, -0.2) is 23.8 Å². The Morgan fingerprint density at radius 1 is 1.06 bits per heavy atom. The van der Waals surface area contributed by atoms with E-state index in [0.717, 1.165) is 30.1 Å². The van der Waals surface area contributed by atoms with Crippen LogP contribution in [0.4, 0.5) is 5.69 Å². The number of para-hydroxylation sites is 2. The summed E-state index contributed by atoms with van der Waals surface area (Å²) in [6.45, 7) is 0.765. The first-order valence-electron chi connectivity index (χ1n) is 10.7. The minimum Gasteiger partial charge on any atom is -0.493 e. The van der Waals surface area contributed by atoms with Crippen LogP contribution in [0.15, 0.2) is 66.9 Å². The summed E-state index contributed by atoms with van der Waals surface area (Å²) in [6.07, 6.45) is 6.37. The summed E-state index contributed by atoms with van der Waals surface area (Å²) >= 11 is 11.8. The van der Waals surface area contributed by atoms with Crippen LogP contribution in [0.3, 0.4) is 0 Å². The number of benzene rings is 2. The molecule has 7 heteroatoms. The van der Waals surface area contributed by atoms with Gasteiger partial charge in [-0.25, -0.2) is 4.98 Å². The minimum absolute atomic E-state index is 0.0569. The molecule has 0 amide bonds. The Labute approximate surface area is 199 Å². The topological polar surface area (TPSA) is 55.4 Å². The molecule has 0 radical (unpaired) electrons. The molecular weight excluding hydrogens is 442 g/mol. The molecule has 2 N–H and O–H groups in total. The van der Waals surface area contributed by atoms with Crippen molar-refractivity contribution in [3.8, 4) is 17.4 Å². The van der Waals surface area contributed by atoms with Gasteiger partial charge in [0.15, 0.2) is 16.6 Å². The van der Waals surface area contributed by atoms with Gasteiger partial charge in [-0.15, -0.1) is 0 Å². The second-order valence-corrected chi connectivity index (χ2v) is 8.79. The van der Waals surface area contributed by atoms with E-state index in [1.54, 1.807) is 19.4 Å². The zero-order valence-corrected chi connectivity index (χ0v) is 19.5. The van der Waals surface area contributed by atoms with E-state index in [2.05, 4.69) is 27.8 Å². The van der Waals surface area contributed by atoms with Crippen molar-refractivity contribution in [2.45, 2.75) is 31.1 Å². The lowest BCUT2D eigenvalue weighted by Gasteiger charge is -2.30. The minimum atomic E-state index is 0.0569. The van der Waals surface area contributed by atoms with Gasteiger partial charge in [0.1, 0.15) is 0 Å². The van der Waals surface area contributed by atoms with Gasteiger partial charge in [-0.2, -0.15) is 0 Å². The molecule has 0 bridgehead atoms. The third-order valence-electron chi connectivity index (χ3n) is 5.86. The molecule has 1 aromatic heterocycles. The van der Waals surface area contributed by atoms with Gasteiger partial charge in [0, 0.05) is 23.0 Å². The largest absolute Gasteiger partial charge is 0.493 e. The molecule has 0 spiro atoms. The molecule has 5 nitrogen and oxygen atoms in total. The van der Waals surface area contributed by atoms with E-state index in [-0.39, 0.29) is 5.41 Å². The lowest BCUT2D eigenvalue weighted by molar-refractivity contribution is 0.374. The highest BCUT2D eigenvalue weighted by Gasteiger charge is 2.35. The molecule has 1 saturated carbocycles. The van der Waals surface area contributed by atoms with Crippen LogP contribution in [0, 0.1) is 0 Å². The summed E-state index contributed by atoms with van der Waals surface area (Å²) in [5, 5.41) is 7.96. The average Bonchev–Trinajstić information content (AvgIpc) is 3.30. The Balaban J connectivity index is 1.36. The summed E-state index contributed by atoms with van der Waals surface area (Å²) in [5.41, 5.74) is 2.12. The molecule has 0 saturated heterocycles. The van der Waals surface area contributed by atoms with Gasteiger partial charge in [-0.3, -0.25) is 0 Å². The van der Waals surface area contributed by atoms with E-state index in [0.29, 0.717) is 22.5 Å². The SMILES string of the molecule is COc1ccccc1Oc1ccc(NC(=S)NCC2(c3cccc(Cl)c3)CCCC2)cn1. The van der Waals surface area contributed by atoms with E-state index >= 15 is 0 Å². The molecule has 0 atom stereocenters. The molecule has 1 fully saturated rings. The first-order chi connectivity index (χ1) is 15.6. The summed E-state index contributed by atoms with van der Waals surface area (Å²) in [5.74, 6) is 1.75. The van der Waals surface area contributed by atoms with Crippen LogP contribution in [0.1, 0.15) is 31.2 Å². The Morgan fingerprint density at radius 3 is 2.53 bits per heavy atom. The summed E-state index contributed by atoms with van der Waals surface area (Å²) < 4.78 is 11.1. The van der Waals surface area contributed by atoms with Crippen molar-refractivity contribution in [3.63, 3.8) is 0 Å². The van der Waals surface area contributed by atoms with Crippen molar-refractivity contribution < 1.29 is 9.47 Å². The highest BCUT2D eigenvalue weighted by atomic mass is 35.5. The van der Waals surface area contributed by atoms with Gasteiger partial charge in [-0.1, -0.05) is 48.7 Å². The number of anilines is 1. The van der Waals surface area contributed by atoms with Crippen LogP contribution < -0.4 is 20.1 Å². The maximum Gasteiger partial charge on any atom is 0.219 e. The van der Waals surface area contributed by atoms with Crippen LogP contribution in [0.2, 0.25) is 5.02 Å². The van der Waals surface area contributed by atoms with Gasteiger partial charge >= 0.3 is 0 Å². The van der Waals surface area contributed by atoms with Crippen LogP contribution in [0.5, 0.6) is 17.4 Å². The van der Waals surface area contributed by atoms with Crippen molar-refractivity contribution in [2.75, 3.05) is 19.0 Å². The number of aromatic nitrogens is 1. The van der Waals surface area contributed by atoms with Gasteiger partial charge in [-0.05, 0) is 61.0 Å². The number of hydrogen-bond acceptors (Lipinski definition) is 4. The predicted octanol–water partition coefficient (Wildman–Crippen LogP) is 6.33. The molecule has 1 heterocycles. The summed E-state index contributed by atoms with van der Waals surface area (Å²) in [7, 11) is 1.61. The van der Waals surface area contributed by atoms with Crippen molar-refractivity contribution in [1.29, 1.82) is 0 Å². The van der Waals surface area contributed by atoms with E-state index in [1.165, 1.54) is 18.4 Å². The van der Waals surface area contributed by atoms with Gasteiger partial charge < -0.3 is 20.1 Å². The first kappa shape index (κ1) is 22.4. The Bertz CT molecular complexity index is 1070. The fraction of sp³-hybridized carbons (Fsp3) is 0.280. The van der Waals surface area contributed by atoms with E-state index in [9.17, 15) is 0 Å². The second kappa shape index (κ2) is 10.2. The number of nitrogens with one attached hydrogen (secondary N) is 2. The molecule has 2 aromatic carbocycles. The lowest BCUT2D eigenvalue weighted by Crippen LogP contribution is -2.40.